The van der Waals surface area contributed by atoms with Crippen molar-refractivity contribution in [2.45, 2.75) is 103 Å². The molecule has 1 aliphatic carbocycles. The predicted molar refractivity (Wildman–Crippen MR) is 258 cm³/mol. The van der Waals surface area contributed by atoms with Gasteiger partial charge >= 0.3 is 0 Å². The molecular weight excluding hydrogens is 769 g/mol. The largest absolute Gasteiger partial charge is 0.341 e. The van der Waals surface area contributed by atoms with Crippen LogP contribution < -0.4 is 32.3 Å². The van der Waals surface area contributed by atoms with Gasteiger partial charge in [-0.15, -0.1) is 0 Å². The van der Waals surface area contributed by atoms with Crippen LogP contribution in [0.25, 0.3) is 11.0 Å². The summed E-state index contributed by atoms with van der Waals surface area (Å²) in [5.74, 6) is 1.03. The van der Waals surface area contributed by atoms with E-state index < -0.39 is 0 Å². The summed E-state index contributed by atoms with van der Waals surface area (Å²) < 4.78 is 0. The van der Waals surface area contributed by atoms with Gasteiger partial charge in [-0.1, -0.05) is 55.3 Å². The minimum absolute atomic E-state index is 0.367. The molecule has 0 amide bonds. The van der Waals surface area contributed by atoms with E-state index in [1.54, 1.807) is 0 Å². The van der Waals surface area contributed by atoms with E-state index in [9.17, 15) is 0 Å². The van der Waals surface area contributed by atoms with Gasteiger partial charge in [0.1, 0.15) is 5.82 Å². The maximum Gasteiger partial charge on any atom is 0.121 e. The standard InChI is InChI=1S/C29H55N7.C21H27N5/c1-2-4-22-35(23-6-15-32-19-17-30-12-3-1)26-28-8-10-29(11-9-28)27-36-24-7-16-33-20-18-31-13-5-14-34-21-25-36;22-12-3-4-14-26(15-20-24-17-9-1-2-10-18(17)25-20)19-11-5-7-16-8-6-13-23-21(16)19/h8-11,30-34H,1-7,12-27H2;1-2,6,8-10,13,19H,3-5,7,11-12,14-15,22H2,(H,24,25). The van der Waals surface area contributed by atoms with Crippen molar-refractivity contribution in [3.8, 4) is 0 Å². The van der Waals surface area contributed by atoms with Crippen LogP contribution in [0, 0.1) is 0 Å². The quantitative estimate of drug-likeness (QED) is 0.0955. The molecule has 0 saturated carbocycles. The Morgan fingerprint density at radius 1 is 0.597 bits per heavy atom. The number of benzene rings is 2. The Balaban J connectivity index is 0.000000217. The second-order valence-electron chi connectivity index (χ2n) is 17.7. The number of aromatic amines is 1. The second-order valence-corrected chi connectivity index (χ2v) is 17.7. The molecule has 1 atom stereocenters. The summed E-state index contributed by atoms with van der Waals surface area (Å²) in [7, 11) is 0. The molecule has 342 valence electrons. The smallest absolute Gasteiger partial charge is 0.121 e. The molecule has 12 nitrogen and oxygen atoms in total. The molecule has 0 radical (unpaired) electrons. The number of imidazole rings is 1. The molecule has 12 heteroatoms. The Kier molecular flexibility index (Phi) is 22.7. The summed E-state index contributed by atoms with van der Waals surface area (Å²) in [4.78, 5) is 20.8. The summed E-state index contributed by atoms with van der Waals surface area (Å²) in [6, 6.07) is 22.4. The number of nitrogens with two attached hydrogens (primary N) is 1. The second kappa shape index (κ2) is 29.2. The molecule has 62 heavy (non-hydrogen) atoms. The number of fused-ring (bicyclic) bond motifs is 2. The van der Waals surface area contributed by atoms with Crippen LogP contribution >= 0.6 is 0 Å². The molecule has 7 rings (SSSR count). The van der Waals surface area contributed by atoms with Crippen LogP contribution in [-0.4, -0.2) is 134 Å². The van der Waals surface area contributed by atoms with Crippen LogP contribution in [0.4, 0.5) is 0 Å². The average molecular weight is 851 g/mol. The van der Waals surface area contributed by atoms with E-state index in [0.29, 0.717) is 6.04 Å². The molecular formula is C50H82N12. The highest BCUT2D eigenvalue weighted by Crippen LogP contribution is 2.34. The van der Waals surface area contributed by atoms with Crippen LogP contribution in [0.2, 0.25) is 0 Å². The van der Waals surface area contributed by atoms with Crippen molar-refractivity contribution in [3.05, 3.63) is 95.1 Å². The van der Waals surface area contributed by atoms with Gasteiger partial charge in [0.15, 0.2) is 0 Å². The first kappa shape index (κ1) is 48.2. The number of hydrogen-bond donors (Lipinski definition) is 7. The van der Waals surface area contributed by atoms with Gasteiger partial charge < -0.3 is 37.3 Å². The number of nitrogens with zero attached hydrogens (tertiary/aromatic N) is 5. The minimum Gasteiger partial charge on any atom is -0.341 e. The van der Waals surface area contributed by atoms with Crippen molar-refractivity contribution in [2.75, 3.05) is 105 Å². The number of rotatable bonds is 11. The Hall–Kier alpha value is -3.30. The van der Waals surface area contributed by atoms with E-state index in [4.69, 9.17) is 15.7 Å². The Morgan fingerprint density at radius 3 is 1.94 bits per heavy atom. The molecule has 2 aromatic heterocycles. The van der Waals surface area contributed by atoms with E-state index in [-0.39, 0.29) is 0 Å². The maximum atomic E-state index is 5.72. The number of H-pyrrole nitrogens is 1. The van der Waals surface area contributed by atoms with Crippen molar-refractivity contribution in [2.24, 2.45) is 5.73 Å². The minimum atomic E-state index is 0.367. The van der Waals surface area contributed by atoms with Gasteiger partial charge in [-0.3, -0.25) is 19.7 Å². The number of hydrogen-bond acceptors (Lipinski definition) is 11. The lowest BCUT2D eigenvalue weighted by atomic mass is 9.90. The number of pyridine rings is 1. The number of aryl methyl sites for hydroxylation is 1. The zero-order chi connectivity index (χ0) is 42.7. The summed E-state index contributed by atoms with van der Waals surface area (Å²) in [6.07, 6.45) is 16.6. The van der Waals surface area contributed by atoms with Crippen molar-refractivity contribution < 1.29 is 0 Å². The lowest BCUT2D eigenvalue weighted by Crippen LogP contribution is -2.36. The van der Waals surface area contributed by atoms with Gasteiger partial charge in [0.05, 0.1) is 29.3 Å². The first-order valence-corrected chi connectivity index (χ1v) is 24.6. The zero-order valence-corrected chi connectivity index (χ0v) is 38.2. The highest BCUT2D eigenvalue weighted by atomic mass is 15.2. The molecule has 2 fully saturated rings. The molecule has 1 unspecified atom stereocenters. The first-order valence-electron chi connectivity index (χ1n) is 24.6. The van der Waals surface area contributed by atoms with E-state index in [2.05, 4.69) is 94.8 Å². The Morgan fingerprint density at radius 2 is 1.23 bits per heavy atom. The van der Waals surface area contributed by atoms with Crippen LogP contribution in [0.15, 0.2) is 66.9 Å². The lowest BCUT2D eigenvalue weighted by molar-refractivity contribution is 0.159. The van der Waals surface area contributed by atoms with E-state index in [1.807, 2.05) is 18.3 Å². The number of aromatic nitrogens is 3. The summed E-state index contributed by atoms with van der Waals surface area (Å²) in [5.41, 5.74) is 13.4. The average Bonchev–Trinajstić information content (AvgIpc) is 3.72. The molecule has 2 aromatic carbocycles. The molecule has 4 heterocycles. The van der Waals surface area contributed by atoms with Crippen molar-refractivity contribution >= 4 is 11.0 Å². The highest BCUT2D eigenvalue weighted by molar-refractivity contribution is 5.74. The molecule has 2 saturated heterocycles. The van der Waals surface area contributed by atoms with Crippen LogP contribution in [0.3, 0.4) is 0 Å². The summed E-state index contributed by atoms with van der Waals surface area (Å²) in [5, 5.41) is 17.9. The van der Waals surface area contributed by atoms with Crippen molar-refractivity contribution in [1.29, 1.82) is 0 Å². The third-order valence-corrected chi connectivity index (χ3v) is 12.6. The topological polar surface area (TPSA) is 137 Å². The molecule has 0 spiro atoms. The Labute approximate surface area is 374 Å². The zero-order valence-electron chi connectivity index (χ0n) is 38.2. The van der Waals surface area contributed by atoms with E-state index in [1.165, 1.54) is 93.4 Å². The van der Waals surface area contributed by atoms with Gasteiger partial charge in [0.25, 0.3) is 0 Å². The fraction of sp³-hybridized carbons (Fsp3) is 0.640. The first-order chi connectivity index (χ1) is 30.7. The van der Waals surface area contributed by atoms with E-state index >= 15 is 0 Å². The number of unbranched alkanes of at least 4 members (excludes halogenated alkanes) is 1. The van der Waals surface area contributed by atoms with Crippen molar-refractivity contribution in [1.82, 2.24) is 56.2 Å². The van der Waals surface area contributed by atoms with Gasteiger partial charge in [-0.2, -0.15) is 0 Å². The van der Waals surface area contributed by atoms with Gasteiger partial charge in [0.2, 0.25) is 0 Å². The highest BCUT2D eigenvalue weighted by Gasteiger charge is 2.27. The summed E-state index contributed by atoms with van der Waals surface area (Å²) >= 11 is 0. The third kappa shape index (κ3) is 17.7. The fourth-order valence-corrected chi connectivity index (χ4v) is 9.17. The van der Waals surface area contributed by atoms with Gasteiger partial charge in [0, 0.05) is 58.6 Å². The van der Waals surface area contributed by atoms with Crippen LogP contribution in [0.1, 0.15) is 105 Å². The van der Waals surface area contributed by atoms with Crippen molar-refractivity contribution in [3.63, 3.8) is 0 Å². The fourth-order valence-electron chi connectivity index (χ4n) is 9.17. The molecule has 2 aliphatic heterocycles. The maximum absolute atomic E-state index is 5.72. The normalized spacial score (nSPS) is 20.4. The van der Waals surface area contributed by atoms with Gasteiger partial charge in [-0.05, 0) is 165 Å². The van der Waals surface area contributed by atoms with Gasteiger partial charge in [-0.25, -0.2) is 4.98 Å². The summed E-state index contributed by atoms with van der Waals surface area (Å²) in [6.45, 7) is 20.4. The monoisotopic (exact) mass is 851 g/mol. The van der Waals surface area contributed by atoms with Crippen LogP contribution in [-0.2, 0) is 26.1 Å². The van der Waals surface area contributed by atoms with E-state index in [0.717, 1.165) is 147 Å². The molecule has 8 N–H and O–H groups in total. The molecule has 3 aliphatic rings. The lowest BCUT2D eigenvalue weighted by Gasteiger charge is -2.34. The third-order valence-electron chi connectivity index (χ3n) is 12.6. The number of nitrogens with one attached hydrogen (secondary N) is 6. The number of para-hydroxylation sites is 2. The molecule has 0 bridgehead atoms. The predicted octanol–water partition coefficient (Wildman–Crippen LogP) is 5.57. The SMILES string of the molecule is NCCCCN(Cc1nc2ccccc2[nH]1)C1CCCc2cccnc21.c1cc(CN2CCCNCCNCCCNCC2)ccc1CN1CCCCCCNCCNCCC1. The Bertz CT molecular complexity index is 1630. The van der Waals surface area contributed by atoms with Crippen LogP contribution in [0.5, 0.6) is 0 Å². The molecule has 4 aromatic rings.